The number of hydrogen-bond donors (Lipinski definition) is 1. The summed E-state index contributed by atoms with van der Waals surface area (Å²) >= 11 is 0. The van der Waals surface area contributed by atoms with Gasteiger partial charge in [-0.05, 0) is 79.0 Å². The minimum atomic E-state index is -2.69. The van der Waals surface area contributed by atoms with Crippen LogP contribution >= 0.6 is 0 Å². The molecule has 0 aromatic heterocycles. The molecule has 0 spiro atoms. The number of anilines is 1. The Balaban J connectivity index is 0.00000405. The number of nitrogens with zero attached hydrogens (tertiary/aromatic N) is 2. The molecule has 1 amide bonds. The van der Waals surface area contributed by atoms with Crippen LogP contribution in [0.4, 0.5) is 18.9 Å². The van der Waals surface area contributed by atoms with E-state index in [4.69, 9.17) is 4.74 Å². The first-order chi connectivity index (χ1) is 19.4. The summed E-state index contributed by atoms with van der Waals surface area (Å²) < 4.78 is 48.8. The Kier molecular flexibility index (Phi) is 8.53. The van der Waals surface area contributed by atoms with Crippen LogP contribution in [-0.2, 0) is 14.9 Å². The van der Waals surface area contributed by atoms with Crippen molar-refractivity contribution in [2.24, 2.45) is 0 Å². The first-order valence-electron chi connectivity index (χ1n) is 14.8. The molecular weight excluding hydrogens is 527 g/mol. The van der Waals surface area contributed by atoms with Crippen molar-refractivity contribution in [2.45, 2.75) is 95.7 Å². The largest absolute Gasteiger partial charge is 0.378 e. The summed E-state index contributed by atoms with van der Waals surface area (Å²) in [6.07, 6.45) is 8.27. The van der Waals surface area contributed by atoms with Gasteiger partial charge < -0.3 is 10.1 Å². The second-order valence-electron chi connectivity index (χ2n) is 12.8. The maximum absolute atomic E-state index is 15.1. The van der Waals surface area contributed by atoms with E-state index >= 15 is 4.39 Å². The van der Waals surface area contributed by atoms with Gasteiger partial charge in [-0.2, -0.15) is 0 Å². The van der Waals surface area contributed by atoms with Crippen LogP contribution in [0, 0.1) is 0 Å². The van der Waals surface area contributed by atoms with E-state index in [0.29, 0.717) is 31.8 Å². The number of halogens is 3. The Bertz CT molecular complexity index is 1260. The van der Waals surface area contributed by atoms with Gasteiger partial charge >= 0.3 is 0 Å². The molecule has 1 heterocycles. The van der Waals surface area contributed by atoms with Gasteiger partial charge in [-0.3, -0.25) is 9.80 Å². The van der Waals surface area contributed by atoms with Gasteiger partial charge in [0.2, 0.25) is 11.8 Å². The zero-order valence-corrected chi connectivity index (χ0v) is 24.6. The maximum atomic E-state index is 15.1. The topological polar surface area (TPSA) is 44.8 Å². The van der Waals surface area contributed by atoms with Crippen LogP contribution in [0.15, 0.2) is 71.1 Å². The minimum Gasteiger partial charge on any atom is -0.378 e. The Morgan fingerprint density at radius 3 is 2.44 bits per heavy atom. The molecule has 2 fully saturated rings. The van der Waals surface area contributed by atoms with Gasteiger partial charge in [0.15, 0.2) is 0 Å². The zero-order valence-electron chi connectivity index (χ0n) is 24.6. The third-order valence-electron chi connectivity index (χ3n) is 8.50. The number of carbonyl (C=O) groups excluding carboxylic acids is 1. The molecule has 5 rings (SSSR count). The molecule has 1 saturated carbocycles. The molecule has 4 aliphatic rings. The molecule has 0 bridgehead atoms. The quantitative estimate of drug-likeness (QED) is 0.353. The molecular formula is C33H44F3N3O2. The normalized spacial score (nSPS) is 24.3. The highest BCUT2D eigenvalue weighted by atomic mass is 19.3. The summed E-state index contributed by atoms with van der Waals surface area (Å²) in [6, 6.07) is 6.95. The lowest BCUT2D eigenvalue weighted by molar-refractivity contribution is -0.125. The smallest absolute Gasteiger partial charge is 0.248 e. The van der Waals surface area contributed by atoms with E-state index in [2.05, 4.69) is 49.3 Å². The lowest BCUT2D eigenvalue weighted by atomic mass is 9.87. The molecule has 224 valence electrons. The SMILES string of the molecule is CC1=CCC(C(C(=O)NC2CCC(F)(F)CC2)N(c2ccc(C(C)(C)C)cc2)N2CCOC[C@@H]2C2=CC2)=CC(F)=C1.[HH]. The molecule has 1 aromatic carbocycles. The van der Waals surface area contributed by atoms with Crippen LogP contribution in [0.2, 0.25) is 0 Å². The Labute approximate surface area is 243 Å². The first kappa shape index (κ1) is 29.6. The van der Waals surface area contributed by atoms with Crippen molar-refractivity contribution < 1.29 is 24.1 Å². The van der Waals surface area contributed by atoms with E-state index in [9.17, 15) is 13.6 Å². The fourth-order valence-corrected chi connectivity index (χ4v) is 5.97. The number of alkyl halides is 2. The number of ether oxygens (including phenoxy) is 1. The van der Waals surface area contributed by atoms with Crippen LogP contribution in [0.5, 0.6) is 0 Å². The van der Waals surface area contributed by atoms with Crippen molar-refractivity contribution in [1.29, 1.82) is 0 Å². The van der Waals surface area contributed by atoms with Gasteiger partial charge in [-0.15, -0.1) is 0 Å². The number of hydrazine groups is 1. The highest BCUT2D eigenvalue weighted by molar-refractivity contribution is 5.89. The Morgan fingerprint density at radius 2 is 1.80 bits per heavy atom. The standard InChI is InChI=1S/C33H42F3N3O2.H2/c1-22-5-6-24(20-26(34)19-22)30(31(40)37-27-13-15-33(35,36)16-14-27)39(28-11-9-25(10-12-28)32(2,3)4)38-17-18-41-21-29(38)23-7-8-23;/h5,7,9-12,19-20,27,29-30H,6,8,13-18,21H2,1-4H3,(H,37,40);1H/t29-,30?;/m1./s1. The summed E-state index contributed by atoms with van der Waals surface area (Å²) in [7, 11) is 0. The number of benzene rings is 1. The van der Waals surface area contributed by atoms with Crippen molar-refractivity contribution >= 4 is 11.6 Å². The summed E-state index contributed by atoms with van der Waals surface area (Å²) in [4.78, 5) is 14.3. The first-order valence-corrected chi connectivity index (χ1v) is 14.8. The second kappa shape index (κ2) is 11.8. The minimum absolute atomic E-state index is 0. The van der Waals surface area contributed by atoms with E-state index in [-0.39, 0.29) is 50.5 Å². The van der Waals surface area contributed by atoms with E-state index in [1.54, 1.807) is 0 Å². The van der Waals surface area contributed by atoms with E-state index in [0.717, 1.165) is 23.2 Å². The van der Waals surface area contributed by atoms with Gasteiger partial charge in [-0.1, -0.05) is 50.6 Å². The Hall–Kier alpha value is -2.84. The van der Waals surface area contributed by atoms with E-state index in [1.165, 1.54) is 17.7 Å². The predicted molar refractivity (Wildman–Crippen MR) is 159 cm³/mol. The highest BCUT2D eigenvalue weighted by Crippen LogP contribution is 2.37. The van der Waals surface area contributed by atoms with Gasteiger partial charge in [0.25, 0.3) is 0 Å². The molecule has 1 aliphatic heterocycles. The van der Waals surface area contributed by atoms with Gasteiger partial charge in [0, 0.05) is 26.9 Å². The summed E-state index contributed by atoms with van der Waals surface area (Å²) in [5, 5.41) is 7.30. The van der Waals surface area contributed by atoms with Gasteiger partial charge in [0.05, 0.1) is 24.9 Å². The molecule has 1 N–H and O–H groups in total. The van der Waals surface area contributed by atoms with Crippen LogP contribution in [0.25, 0.3) is 0 Å². The van der Waals surface area contributed by atoms with Crippen molar-refractivity contribution in [3.63, 3.8) is 0 Å². The summed E-state index contributed by atoms with van der Waals surface area (Å²) in [5.74, 6) is -3.41. The monoisotopic (exact) mass is 571 g/mol. The average molecular weight is 572 g/mol. The molecule has 1 saturated heterocycles. The number of rotatable bonds is 7. The predicted octanol–water partition coefficient (Wildman–Crippen LogP) is 7.17. The molecule has 1 unspecified atom stereocenters. The van der Waals surface area contributed by atoms with Crippen molar-refractivity contribution in [3.8, 4) is 0 Å². The highest BCUT2D eigenvalue weighted by Gasteiger charge is 2.42. The van der Waals surface area contributed by atoms with Crippen LogP contribution in [0.3, 0.4) is 0 Å². The van der Waals surface area contributed by atoms with E-state index in [1.807, 2.05) is 30.1 Å². The zero-order chi connectivity index (χ0) is 29.4. The van der Waals surface area contributed by atoms with Crippen LogP contribution < -0.4 is 10.3 Å². The number of amides is 1. The molecule has 0 radical (unpaired) electrons. The molecule has 41 heavy (non-hydrogen) atoms. The van der Waals surface area contributed by atoms with Crippen molar-refractivity contribution in [2.75, 3.05) is 24.8 Å². The van der Waals surface area contributed by atoms with Crippen LogP contribution in [0.1, 0.15) is 73.2 Å². The number of allylic oxidation sites excluding steroid dienone is 6. The lowest BCUT2D eigenvalue weighted by Crippen LogP contribution is -2.62. The maximum Gasteiger partial charge on any atom is 0.248 e. The number of morpholine rings is 1. The van der Waals surface area contributed by atoms with Crippen molar-refractivity contribution in [3.05, 3.63) is 76.7 Å². The van der Waals surface area contributed by atoms with Crippen LogP contribution in [-0.4, -0.2) is 54.7 Å². The third kappa shape index (κ3) is 7.15. The van der Waals surface area contributed by atoms with Gasteiger partial charge in [0.1, 0.15) is 11.9 Å². The second-order valence-corrected chi connectivity index (χ2v) is 12.8. The summed E-state index contributed by atoms with van der Waals surface area (Å²) in [6.45, 7) is 9.86. The molecule has 2 atom stereocenters. The fraction of sp³-hybridized carbons (Fsp3) is 0.545. The fourth-order valence-electron chi connectivity index (χ4n) is 5.97. The average Bonchev–Trinajstić information content (AvgIpc) is 3.77. The Morgan fingerprint density at radius 1 is 1.12 bits per heavy atom. The summed E-state index contributed by atoms with van der Waals surface area (Å²) in [5.41, 5.74) is 4.59. The number of hydrogen-bond acceptors (Lipinski definition) is 4. The van der Waals surface area contributed by atoms with Gasteiger partial charge in [-0.25, -0.2) is 18.2 Å². The molecule has 1 aromatic rings. The van der Waals surface area contributed by atoms with E-state index < -0.39 is 17.8 Å². The molecule has 8 heteroatoms. The molecule has 3 aliphatic carbocycles. The number of carbonyl (C=O) groups is 1. The number of nitrogens with one attached hydrogen (secondary N) is 1. The lowest BCUT2D eigenvalue weighted by Gasteiger charge is -2.47. The van der Waals surface area contributed by atoms with Crippen molar-refractivity contribution in [1.82, 2.24) is 10.3 Å². The third-order valence-corrected chi connectivity index (χ3v) is 8.50. The molecule has 5 nitrogen and oxygen atoms in total.